The maximum absolute atomic E-state index is 10.9. The third kappa shape index (κ3) is 2.37. The van der Waals surface area contributed by atoms with Gasteiger partial charge in [-0.2, -0.15) is 0 Å². The Labute approximate surface area is 116 Å². The molecule has 1 heterocycles. The molecule has 4 heteroatoms. The molecule has 1 aliphatic rings. The number of hydrogen-bond acceptors (Lipinski definition) is 3. The van der Waals surface area contributed by atoms with Gasteiger partial charge < -0.3 is 9.52 Å². The van der Waals surface area contributed by atoms with Gasteiger partial charge in [0.05, 0.1) is 0 Å². The average molecular weight is 276 g/mol. The molecule has 100 valence electrons. The van der Waals surface area contributed by atoms with E-state index in [0.717, 1.165) is 29.1 Å². The highest BCUT2D eigenvalue weighted by molar-refractivity contribution is 8.00. The molecule has 1 atom stereocenters. The number of aliphatic carboxylic acids is 1. The van der Waals surface area contributed by atoms with E-state index in [0.29, 0.717) is 0 Å². The number of fused-ring (bicyclic) bond motifs is 3. The quantitative estimate of drug-likeness (QED) is 0.864. The van der Waals surface area contributed by atoms with E-state index >= 15 is 0 Å². The smallest absolute Gasteiger partial charge is 0.316 e. The number of carboxylic acid groups (broad SMARTS) is 1. The second-order valence-electron chi connectivity index (χ2n) is 4.97. The maximum atomic E-state index is 10.9. The average Bonchev–Trinajstić information content (AvgIpc) is 2.76. The van der Waals surface area contributed by atoms with Gasteiger partial charge in [0.1, 0.15) is 16.6 Å². The van der Waals surface area contributed by atoms with E-state index in [1.165, 1.54) is 35.6 Å². The van der Waals surface area contributed by atoms with Crippen molar-refractivity contribution >= 4 is 28.7 Å². The number of carboxylic acids is 1. The maximum Gasteiger partial charge on any atom is 0.316 e. The van der Waals surface area contributed by atoms with Crippen molar-refractivity contribution < 1.29 is 14.3 Å². The third-order valence-corrected chi connectivity index (χ3v) is 4.67. The number of rotatable bonds is 3. The van der Waals surface area contributed by atoms with Gasteiger partial charge in [0.15, 0.2) is 0 Å². The van der Waals surface area contributed by atoms with Gasteiger partial charge in [-0.1, -0.05) is 0 Å². The Hall–Kier alpha value is -1.42. The van der Waals surface area contributed by atoms with Gasteiger partial charge in [-0.3, -0.25) is 4.79 Å². The molecule has 2 aromatic rings. The highest BCUT2D eigenvalue weighted by atomic mass is 32.2. The summed E-state index contributed by atoms with van der Waals surface area (Å²) >= 11 is 1.35. The lowest BCUT2D eigenvalue weighted by atomic mass is 9.96. The molecule has 1 unspecified atom stereocenters. The molecule has 0 bridgehead atoms. The Balaban J connectivity index is 1.95. The zero-order chi connectivity index (χ0) is 13.4. The number of aryl methyl sites for hydroxylation is 2. The number of hydrogen-bond donors (Lipinski definition) is 1. The molecule has 0 saturated heterocycles. The molecule has 0 saturated carbocycles. The molecule has 1 aliphatic carbocycles. The fourth-order valence-corrected chi connectivity index (χ4v) is 3.40. The largest absolute Gasteiger partial charge is 0.480 e. The molecule has 0 spiro atoms. The van der Waals surface area contributed by atoms with Gasteiger partial charge in [0.25, 0.3) is 0 Å². The van der Waals surface area contributed by atoms with Crippen LogP contribution in [0.2, 0.25) is 0 Å². The summed E-state index contributed by atoms with van der Waals surface area (Å²) in [4.78, 5) is 11.8. The minimum Gasteiger partial charge on any atom is -0.480 e. The Morgan fingerprint density at radius 2 is 2.16 bits per heavy atom. The second-order valence-corrected chi connectivity index (χ2v) is 6.38. The van der Waals surface area contributed by atoms with E-state index in [2.05, 4.69) is 6.07 Å². The molecule has 3 nitrogen and oxygen atoms in total. The van der Waals surface area contributed by atoms with Crippen molar-refractivity contribution in [3.8, 4) is 0 Å². The Morgan fingerprint density at radius 3 is 2.95 bits per heavy atom. The number of thioether (sulfide) groups is 1. The van der Waals surface area contributed by atoms with E-state index in [9.17, 15) is 4.79 Å². The lowest BCUT2D eigenvalue weighted by Gasteiger charge is -2.08. The van der Waals surface area contributed by atoms with Crippen LogP contribution in [0.1, 0.15) is 31.1 Å². The number of furan rings is 1. The van der Waals surface area contributed by atoms with Gasteiger partial charge in [-0.25, -0.2) is 0 Å². The summed E-state index contributed by atoms with van der Waals surface area (Å²) < 4.78 is 5.91. The lowest BCUT2D eigenvalue weighted by Crippen LogP contribution is -2.10. The summed E-state index contributed by atoms with van der Waals surface area (Å²) in [7, 11) is 0. The molecule has 19 heavy (non-hydrogen) atoms. The SMILES string of the molecule is CC(Sc1ccc2c3c(oc2c1)CCCC3)C(=O)O. The van der Waals surface area contributed by atoms with Gasteiger partial charge in [-0.15, -0.1) is 11.8 Å². The first kappa shape index (κ1) is 12.6. The fourth-order valence-electron chi connectivity index (χ4n) is 2.57. The van der Waals surface area contributed by atoms with Crippen LogP contribution >= 0.6 is 11.8 Å². The highest BCUT2D eigenvalue weighted by Gasteiger charge is 2.19. The zero-order valence-electron chi connectivity index (χ0n) is 10.8. The first-order chi connectivity index (χ1) is 9.15. The van der Waals surface area contributed by atoms with E-state index in [1.807, 2.05) is 12.1 Å². The van der Waals surface area contributed by atoms with Crippen molar-refractivity contribution in [1.82, 2.24) is 0 Å². The Kier molecular flexibility index (Phi) is 3.27. The van der Waals surface area contributed by atoms with Crippen LogP contribution in [0.25, 0.3) is 11.0 Å². The molecular formula is C15H16O3S. The van der Waals surface area contributed by atoms with Crippen molar-refractivity contribution in [3.63, 3.8) is 0 Å². The molecule has 3 rings (SSSR count). The zero-order valence-corrected chi connectivity index (χ0v) is 11.6. The molecule has 0 amide bonds. The summed E-state index contributed by atoms with van der Waals surface area (Å²) in [5.41, 5.74) is 2.25. The monoisotopic (exact) mass is 276 g/mol. The predicted molar refractivity (Wildman–Crippen MR) is 75.8 cm³/mol. The van der Waals surface area contributed by atoms with Crippen LogP contribution in [0, 0.1) is 0 Å². The normalized spacial score (nSPS) is 16.3. The van der Waals surface area contributed by atoms with E-state index in [1.54, 1.807) is 6.92 Å². The molecule has 0 aliphatic heterocycles. The van der Waals surface area contributed by atoms with Gasteiger partial charge in [-0.05, 0) is 44.4 Å². The summed E-state index contributed by atoms with van der Waals surface area (Å²) in [6.45, 7) is 1.70. The summed E-state index contributed by atoms with van der Waals surface area (Å²) in [5.74, 6) is 0.332. The van der Waals surface area contributed by atoms with Crippen LogP contribution in [0.4, 0.5) is 0 Å². The number of carbonyl (C=O) groups is 1. The highest BCUT2D eigenvalue weighted by Crippen LogP contribution is 2.34. The lowest BCUT2D eigenvalue weighted by molar-refractivity contribution is -0.136. The Bertz CT molecular complexity index is 630. The Morgan fingerprint density at radius 1 is 1.37 bits per heavy atom. The summed E-state index contributed by atoms with van der Waals surface area (Å²) in [6, 6.07) is 6.04. The third-order valence-electron chi connectivity index (χ3n) is 3.59. The first-order valence-electron chi connectivity index (χ1n) is 6.59. The summed E-state index contributed by atoms with van der Waals surface area (Å²) in [5, 5.41) is 9.70. The van der Waals surface area contributed by atoms with Gasteiger partial charge >= 0.3 is 5.97 Å². The van der Waals surface area contributed by atoms with Crippen molar-refractivity contribution in [2.75, 3.05) is 0 Å². The molecule has 1 aromatic carbocycles. The van der Waals surface area contributed by atoms with E-state index in [-0.39, 0.29) is 0 Å². The van der Waals surface area contributed by atoms with Crippen LogP contribution in [0.5, 0.6) is 0 Å². The molecular weight excluding hydrogens is 260 g/mol. The number of benzene rings is 1. The first-order valence-corrected chi connectivity index (χ1v) is 7.47. The van der Waals surface area contributed by atoms with Crippen molar-refractivity contribution in [2.45, 2.75) is 42.8 Å². The molecule has 0 radical (unpaired) electrons. The van der Waals surface area contributed by atoms with Crippen molar-refractivity contribution in [2.24, 2.45) is 0 Å². The van der Waals surface area contributed by atoms with Crippen LogP contribution in [-0.2, 0) is 17.6 Å². The molecule has 1 aromatic heterocycles. The minimum absolute atomic E-state index is 0.443. The summed E-state index contributed by atoms with van der Waals surface area (Å²) in [6.07, 6.45) is 4.55. The van der Waals surface area contributed by atoms with Crippen LogP contribution in [-0.4, -0.2) is 16.3 Å². The topological polar surface area (TPSA) is 50.4 Å². The minimum atomic E-state index is -0.788. The predicted octanol–water partition coefficient (Wildman–Crippen LogP) is 3.88. The van der Waals surface area contributed by atoms with E-state index in [4.69, 9.17) is 9.52 Å². The van der Waals surface area contributed by atoms with E-state index < -0.39 is 11.2 Å². The van der Waals surface area contributed by atoms with Crippen LogP contribution in [0.15, 0.2) is 27.5 Å². The van der Waals surface area contributed by atoms with Crippen LogP contribution in [0.3, 0.4) is 0 Å². The molecule has 0 fully saturated rings. The fraction of sp³-hybridized carbons (Fsp3) is 0.400. The van der Waals surface area contributed by atoms with Crippen molar-refractivity contribution in [1.29, 1.82) is 0 Å². The van der Waals surface area contributed by atoms with Crippen molar-refractivity contribution in [3.05, 3.63) is 29.5 Å². The second kappa shape index (κ2) is 4.93. The van der Waals surface area contributed by atoms with Gasteiger partial charge in [0.2, 0.25) is 0 Å². The standard InChI is InChI=1S/C15H16O3S/c1-9(15(16)17)19-10-6-7-12-11-4-2-3-5-13(11)18-14(12)8-10/h6-9H,2-5H2,1H3,(H,16,17). The molecule has 1 N–H and O–H groups in total. The van der Waals surface area contributed by atoms with Gasteiger partial charge in [0, 0.05) is 22.3 Å². The van der Waals surface area contributed by atoms with Crippen LogP contribution < -0.4 is 0 Å².